The summed E-state index contributed by atoms with van der Waals surface area (Å²) in [7, 11) is 0. The fourth-order valence-corrected chi connectivity index (χ4v) is 8.44. The molecule has 1 N–H and O–H groups in total. The van der Waals surface area contributed by atoms with E-state index in [0.717, 1.165) is 76.8 Å². The second kappa shape index (κ2) is 11.2. The number of aromatic nitrogens is 2. The molecule has 46 heavy (non-hydrogen) atoms. The Kier molecular flexibility index (Phi) is 6.97. The number of rotatable bonds is 6. The lowest BCUT2D eigenvalue weighted by molar-refractivity contribution is -0.127. The van der Waals surface area contributed by atoms with Crippen molar-refractivity contribution in [3.8, 4) is 17.2 Å². The van der Waals surface area contributed by atoms with Crippen LogP contribution in [0.1, 0.15) is 52.8 Å². The normalized spacial score (nSPS) is 22.9. The Labute approximate surface area is 272 Å². The van der Waals surface area contributed by atoms with Gasteiger partial charge in [0.05, 0.1) is 30.4 Å². The Morgan fingerprint density at radius 1 is 0.978 bits per heavy atom. The van der Waals surface area contributed by atoms with E-state index in [9.17, 15) is 10.1 Å². The summed E-state index contributed by atoms with van der Waals surface area (Å²) in [6.07, 6.45) is 3.03. The van der Waals surface area contributed by atoms with Gasteiger partial charge in [0.2, 0.25) is 5.91 Å². The number of fused-ring (bicyclic) bond motifs is 1. The Hall–Kier alpha value is -4.84. The Morgan fingerprint density at radius 3 is 2.30 bits per heavy atom. The molecule has 4 aliphatic rings. The Bertz CT molecular complexity index is 1930. The fourth-order valence-electron chi connectivity index (χ4n) is 7.73. The number of morpholine rings is 1. The number of hydrogen-bond acceptors (Lipinski definition) is 7. The number of nitrogens with one attached hydrogen (secondary N) is 1. The zero-order valence-electron chi connectivity index (χ0n) is 25.6. The van der Waals surface area contributed by atoms with E-state index in [1.54, 1.807) is 0 Å². The van der Waals surface area contributed by atoms with E-state index in [-0.39, 0.29) is 11.8 Å². The molecule has 3 aromatic carbocycles. The zero-order valence-corrected chi connectivity index (χ0v) is 26.4. The van der Waals surface area contributed by atoms with Crippen LogP contribution < -0.4 is 10.2 Å². The number of ether oxygens (including phenoxy) is 1. The van der Waals surface area contributed by atoms with Crippen LogP contribution in [0.25, 0.3) is 11.1 Å². The van der Waals surface area contributed by atoms with E-state index >= 15 is 0 Å². The first-order valence-corrected chi connectivity index (χ1v) is 16.6. The highest BCUT2D eigenvalue weighted by atomic mass is 32.1. The van der Waals surface area contributed by atoms with Gasteiger partial charge in [0.25, 0.3) is 0 Å². The molecule has 2 aromatic heterocycles. The molecule has 2 bridgehead atoms. The van der Waals surface area contributed by atoms with Crippen LogP contribution in [0.5, 0.6) is 0 Å². The number of hydrogen-bond donors (Lipinski definition) is 1. The average molecular weight is 624 g/mol. The number of pyridine rings is 1. The minimum Gasteiger partial charge on any atom is -0.378 e. The number of benzene rings is 3. The van der Waals surface area contributed by atoms with Crippen molar-refractivity contribution >= 4 is 28.2 Å². The first-order valence-electron chi connectivity index (χ1n) is 15.7. The summed E-state index contributed by atoms with van der Waals surface area (Å²) in [5.74, 6) is 0.748. The van der Waals surface area contributed by atoms with Crippen molar-refractivity contribution in [2.24, 2.45) is 5.41 Å². The highest BCUT2D eigenvalue weighted by Crippen LogP contribution is 2.63. The van der Waals surface area contributed by atoms with Crippen LogP contribution >= 0.6 is 11.3 Å². The lowest BCUT2D eigenvalue weighted by Gasteiger charge is -2.54. The van der Waals surface area contributed by atoms with Crippen LogP contribution in [0.3, 0.4) is 0 Å². The molecule has 1 unspecified atom stereocenters. The molecule has 1 atom stereocenters. The summed E-state index contributed by atoms with van der Waals surface area (Å²) < 4.78 is 5.45. The van der Waals surface area contributed by atoms with E-state index in [0.29, 0.717) is 18.0 Å². The summed E-state index contributed by atoms with van der Waals surface area (Å²) >= 11 is 1.44. The molecule has 3 aliphatic carbocycles. The topological polar surface area (TPSA) is 91.1 Å². The molecule has 1 aliphatic heterocycles. The number of amides is 1. The van der Waals surface area contributed by atoms with Crippen LogP contribution in [-0.4, -0.2) is 42.2 Å². The summed E-state index contributed by atoms with van der Waals surface area (Å²) in [6, 6.07) is 31.6. The van der Waals surface area contributed by atoms with Gasteiger partial charge in [-0.05, 0) is 58.9 Å². The standard InChI is InChI=1S/C38H33N5O2S/c1-37(23-38(24-39)31-8-4-2-6-29(31)34(37)30-7-3-5-9-32(30)38)35(44)42-36-41-28(22-46-36)20-25-10-12-26(13-11-25)27-14-15-33(40-21-27)43-16-18-45-19-17-43/h2-15,21-22,34H,16-20,23H2,1H3,(H,41,42,44). The van der Waals surface area contributed by atoms with E-state index in [1.165, 1.54) is 11.3 Å². The number of anilines is 2. The largest absolute Gasteiger partial charge is 0.378 e. The Balaban J connectivity index is 0.978. The minimum atomic E-state index is -0.866. The molecule has 0 spiro atoms. The third-order valence-corrected chi connectivity index (χ3v) is 10.8. The summed E-state index contributed by atoms with van der Waals surface area (Å²) in [5.41, 5.74) is 6.75. The third-order valence-electron chi connectivity index (χ3n) is 9.97. The van der Waals surface area contributed by atoms with Crippen LogP contribution in [0.2, 0.25) is 0 Å². The molecular weight excluding hydrogens is 591 g/mol. The molecule has 1 fully saturated rings. The number of nitriles is 1. The van der Waals surface area contributed by atoms with E-state index in [1.807, 2.05) is 42.8 Å². The van der Waals surface area contributed by atoms with E-state index < -0.39 is 10.8 Å². The van der Waals surface area contributed by atoms with Crippen molar-refractivity contribution in [2.75, 3.05) is 36.5 Å². The van der Waals surface area contributed by atoms with Crippen LogP contribution in [-0.2, 0) is 21.4 Å². The third kappa shape index (κ3) is 4.61. The van der Waals surface area contributed by atoms with Crippen molar-refractivity contribution in [3.63, 3.8) is 0 Å². The van der Waals surface area contributed by atoms with Crippen molar-refractivity contribution in [3.05, 3.63) is 130 Å². The number of carbonyl (C=O) groups excluding carboxylic acids is 1. The monoisotopic (exact) mass is 623 g/mol. The van der Waals surface area contributed by atoms with Crippen LogP contribution in [0.15, 0.2) is 96.5 Å². The summed E-state index contributed by atoms with van der Waals surface area (Å²) in [6.45, 7) is 5.23. The van der Waals surface area contributed by atoms with E-state index in [4.69, 9.17) is 9.72 Å². The molecule has 8 heteroatoms. The second-order valence-electron chi connectivity index (χ2n) is 12.7. The van der Waals surface area contributed by atoms with Crippen LogP contribution in [0, 0.1) is 16.7 Å². The smallest absolute Gasteiger partial charge is 0.233 e. The molecule has 7 nitrogen and oxygen atoms in total. The van der Waals surface area contributed by atoms with Gasteiger partial charge in [-0.15, -0.1) is 11.3 Å². The van der Waals surface area contributed by atoms with Gasteiger partial charge in [0.15, 0.2) is 5.13 Å². The fraction of sp³-hybridized carbons (Fsp3) is 0.263. The van der Waals surface area contributed by atoms with Gasteiger partial charge in [0.1, 0.15) is 11.2 Å². The van der Waals surface area contributed by atoms with Gasteiger partial charge < -0.3 is 15.0 Å². The molecule has 1 amide bonds. The second-order valence-corrected chi connectivity index (χ2v) is 13.6. The molecule has 228 valence electrons. The summed E-state index contributed by atoms with van der Waals surface area (Å²) in [4.78, 5) is 25.9. The van der Waals surface area contributed by atoms with Gasteiger partial charge in [0, 0.05) is 42.6 Å². The first kappa shape index (κ1) is 28.6. The van der Waals surface area contributed by atoms with Crippen molar-refractivity contribution in [2.45, 2.75) is 31.1 Å². The van der Waals surface area contributed by atoms with Gasteiger partial charge in [-0.25, -0.2) is 9.97 Å². The quantitative estimate of drug-likeness (QED) is 0.221. The maximum atomic E-state index is 14.1. The van der Waals surface area contributed by atoms with Crippen LogP contribution in [0.4, 0.5) is 10.9 Å². The molecular formula is C38H33N5O2S. The highest BCUT2D eigenvalue weighted by molar-refractivity contribution is 7.13. The maximum absolute atomic E-state index is 14.1. The maximum Gasteiger partial charge on any atom is 0.233 e. The predicted octanol–water partition coefficient (Wildman–Crippen LogP) is 6.94. The molecule has 5 aromatic rings. The van der Waals surface area contributed by atoms with Gasteiger partial charge in [-0.2, -0.15) is 5.26 Å². The van der Waals surface area contributed by atoms with Gasteiger partial charge in [-0.1, -0.05) is 72.8 Å². The van der Waals surface area contributed by atoms with Gasteiger partial charge >= 0.3 is 0 Å². The summed E-state index contributed by atoms with van der Waals surface area (Å²) in [5, 5.41) is 16.4. The van der Waals surface area contributed by atoms with Crippen molar-refractivity contribution in [1.29, 1.82) is 5.26 Å². The molecule has 0 radical (unpaired) electrons. The molecule has 0 saturated carbocycles. The molecule has 3 heterocycles. The lowest BCUT2D eigenvalue weighted by atomic mass is 9.47. The predicted molar refractivity (Wildman–Crippen MR) is 180 cm³/mol. The SMILES string of the molecule is CC1(C(=O)Nc2nc(Cc3ccc(-c4ccc(N5CCOCC5)nc4)cc3)cs2)CC2(C#N)c3ccccc3C1c1ccccc12. The van der Waals surface area contributed by atoms with Gasteiger partial charge in [-0.3, -0.25) is 4.79 Å². The number of carbonyl (C=O) groups is 1. The van der Waals surface area contributed by atoms with Crippen molar-refractivity contribution in [1.82, 2.24) is 9.97 Å². The molecule has 9 rings (SSSR count). The average Bonchev–Trinajstić information content (AvgIpc) is 3.55. The Morgan fingerprint density at radius 2 is 1.65 bits per heavy atom. The van der Waals surface area contributed by atoms with Crippen molar-refractivity contribution < 1.29 is 9.53 Å². The highest BCUT2D eigenvalue weighted by Gasteiger charge is 2.61. The number of nitrogens with zero attached hydrogens (tertiary/aromatic N) is 4. The molecule has 1 saturated heterocycles. The minimum absolute atomic E-state index is 0.0976. The van der Waals surface area contributed by atoms with E-state index in [2.05, 4.69) is 81.9 Å². The number of thiazole rings is 1. The lowest BCUT2D eigenvalue weighted by Crippen LogP contribution is -2.53. The zero-order chi connectivity index (χ0) is 31.3. The first-order chi connectivity index (χ1) is 22.5.